The molecule has 3 rings (SSSR count). The van der Waals surface area contributed by atoms with E-state index < -0.39 is 82.6 Å². The Morgan fingerprint density at radius 3 is 2.51 bits per heavy atom. The SMILES string of the molecule is Cc1cn([C@H]2C[C@H](O)[C@@H](COP(=O)([O-])OP(=O)([O-])O[C@H]3O[C@H](C)[C@@H]([NH3+])[C@H](O)[C@H]3O)O2)c(=O)[nH]c1=O. The molecule has 7 N–H and O–H groups in total. The molecule has 17 nitrogen and oxygen atoms in total. The lowest BCUT2D eigenvalue weighted by Gasteiger charge is -2.40. The number of aryl methyl sites for hydroxylation is 1. The van der Waals surface area contributed by atoms with Crippen molar-refractivity contribution in [3.05, 3.63) is 32.6 Å². The monoisotopic (exact) mass is 546 g/mol. The maximum atomic E-state index is 12.0. The molecule has 0 aliphatic carbocycles. The van der Waals surface area contributed by atoms with Crippen LogP contribution in [0.4, 0.5) is 0 Å². The van der Waals surface area contributed by atoms with E-state index in [-0.39, 0.29) is 12.0 Å². The summed E-state index contributed by atoms with van der Waals surface area (Å²) in [5, 5.41) is 29.9. The molecule has 0 amide bonds. The zero-order valence-electron chi connectivity index (χ0n) is 18.5. The molecule has 0 spiro atoms. The second-order valence-electron chi connectivity index (χ2n) is 8.14. The lowest BCUT2D eigenvalue weighted by atomic mass is 9.98. The molecule has 2 fully saturated rings. The van der Waals surface area contributed by atoms with Crippen molar-refractivity contribution in [2.24, 2.45) is 0 Å². The average Bonchev–Trinajstić information content (AvgIpc) is 3.11. The molecule has 35 heavy (non-hydrogen) atoms. The number of nitrogens with zero attached hydrogens (tertiary/aromatic N) is 1. The molecule has 0 saturated carbocycles. The quantitative estimate of drug-likeness (QED) is 0.193. The summed E-state index contributed by atoms with van der Waals surface area (Å²) in [6, 6.07) is -0.816. The normalized spacial score (nSPS) is 37.0. The zero-order chi connectivity index (χ0) is 26.3. The fourth-order valence-corrected chi connectivity index (χ4v) is 5.55. The van der Waals surface area contributed by atoms with Crippen LogP contribution in [0.3, 0.4) is 0 Å². The van der Waals surface area contributed by atoms with Crippen LogP contribution < -0.4 is 26.8 Å². The van der Waals surface area contributed by atoms with Gasteiger partial charge in [0, 0.05) is 18.2 Å². The highest BCUT2D eigenvalue weighted by Crippen LogP contribution is 2.56. The second-order valence-corrected chi connectivity index (χ2v) is 11.1. The van der Waals surface area contributed by atoms with Gasteiger partial charge in [-0.05, 0) is 13.8 Å². The van der Waals surface area contributed by atoms with E-state index in [9.17, 15) is 43.8 Å². The highest BCUT2D eigenvalue weighted by molar-refractivity contribution is 7.59. The Kier molecular flexibility index (Phi) is 8.56. The van der Waals surface area contributed by atoms with Gasteiger partial charge in [-0.3, -0.25) is 28.0 Å². The Hall–Kier alpha value is -1.30. The Labute approximate surface area is 197 Å². The van der Waals surface area contributed by atoms with Gasteiger partial charge in [-0.15, -0.1) is 0 Å². The topological polar surface area (TPSA) is 270 Å². The van der Waals surface area contributed by atoms with Crippen LogP contribution in [-0.2, 0) is 32.0 Å². The van der Waals surface area contributed by atoms with E-state index in [0.29, 0.717) is 0 Å². The van der Waals surface area contributed by atoms with Crippen molar-refractivity contribution in [3.63, 3.8) is 0 Å². The van der Waals surface area contributed by atoms with E-state index in [0.717, 1.165) is 4.57 Å². The number of hydrogen-bond acceptors (Lipinski definition) is 14. The average molecular weight is 546 g/mol. The number of phosphoric acid groups is 2. The van der Waals surface area contributed by atoms with Gasteiger partial charge in [0.05, 0.1) is 12.7 Å². The van der Waals surface area contributed by atoms with Crippen molar-refractivity contribution < 1.29 is 62.8 Å². The van der Waals surface area contributed by atoms with E-state index in [1.54, 1.807) is 0 Å². The summed E-state index contributed by atoms with van der Waals surface area (Å²) in [7, 11) is -11.3. The predicted molar refractivity (Wildman–Crippen MR) is 107 cm³/mol. The Morgan fingerprint density at radius 2 is 1.86 bits per heavy atom. The van der Waals surface area contributed by atoms with Crippen molar-refractivity contribution in [1.82, 2.24) is 9.55 Å². The first-order chi connectivity index (χ1) is 16.1. The summed E-state index contributed by atoms with van der Waals surface area (Å²) in [5.41, 5.74) is 2.31. The Balaban J connectivity index is 1.59. The number of aliphatic hydroxyl groups excluding tert-OH is 3. The number of hydrogen-bond donors (Lipinski definition) is 5. The molecule has 3 heterocycles. The number of aliphatic hydroxyl groups is 3. The van der Waals surface area contributed by atoms with Gasteiger partial charge in [0.15, 0.2) is 6.29 Å². The van der Waals surface area contributed by atoms with Crippen LogP contribution >= 0.6 is 15.6 Å². The summed E-state index contributed by atoms with van der Waals surface area (Å²) >= 11 is 0. The van der Waals surface area contributed by atoms with E-state index in [2.05, 4.69) is 24.1 Å². The van der Waals surface area contributed by atoms with Crippen molar-refractivity contribution in [3.8, 4) is 0 Å². The van der Waals surface area contributed by atoms with Crippen LogP contribution in [0.15, 0.2) is 15.8 Å². The van der Waals surface area contributed by atoms with E-state index >= 15 is 0 Å². The molecular formula is C16H26N3O14P2-. The summed E-state index contributed by atoms with van der Waals surface area (Å²) in [6.45, 7) is 1.96. The van der Waals surface area contributed by atoms with Gasteiger partial charge in [-0.25, -0.2) is 9.11 Å². The maximum absolute atomic E-state index is 12.0. The van der Waals surface area contributed by atoms with Gasteiger partial charge in [-0.2, -0.15) is 0 Å². The maximum Gasteiger partial charge on any atom is 0.330 e. The van der Waals surface area contributed by atoms with Gasteiger partial charge in [0.2, 0.25) is 0 Å². The van der Waals surface area contributed by atoms with Gasteiger partial charge >= 0.3 is 5.69 Å². The van der Waals surface area contributed by atoms with Crippen molar-refractivity contribution in [2.75, 3.05) is 6.61 Å². The molecule has 1 aromatic rings. The first-order valence-electron chi connectivity index (χ1n) is 10.3. The molecule has 2 saturated heterocycles. The molecule has 0 radical (unpaired) electrons. The number of quaternary nitrogens is 1. The van der Waals surface area contributed by atoms with Crippen molar-refractivity contribution in [2.45, 2.75) is 69.3 Å². The van der Waals surface area contributed by atoms with Gasteiger partial charge < -0.3 is 44.8 Å². The minimum absolute atomic E-state index is 0.169. The Morgan fingerprint density at radius 1 is 1.20 bits per heavy atom. The van der Waals surface area contributed by atoms with E-state index in [4.69, 9.17) is 9.47 Å². The summed E-state index contributed by atoms with van der Waals surface area (Å²) < 4.78 is 48.5. The number of aromatic amines is 1. The number of phosphoric ester groups is 2. The summed E-state index contributed by atoms with van der Waals surface area (Å²) in [4.78, 5) is 49.6. The molecule has 19 heteroatoms. The number of H-pyrrole nitrogens is 1. The minimum Gasteiger partial charge on any atom is -0.756 e. The fourth-order valence-electron chi connectivity index (χ4n) is 3.47. The highest BCUT2D eigenvalue weighted by atomic mass is 31.3. The molecule has 0 aromatic carbocycles. The van der Waals surface area contributed by atoms with Crippen molar-refractivity contribution >= 4 is 15.6 Å². The zero-order valence-corrected chi connectivity index (χ0v) is 20.3. The molecular weight excluding hydrogens is 520 g/mol. The van der Waals surface area contributed by atoms with Gasteiger partial charge in [0.1, 0.15) is 36.7 Å². The summed E-state index contributed by atoms with van der Waals surface area (Å²) in [5.74, 6) is 0. The second kappa shape index (κ2) is 10.6. The van der Waals surface area contributed by atoms with Gasteiger partial charge in [-0.1, -0.05) is 0 Å². The first kappa shape index (κ1) is 28.3. The van der Waals surface area contributed by atoms with Crippen LogP contribution in [0.2, 0.25) is 0 Å². The molecule has 2 unspecified atom stereocenters. The molecule has 2 aliphatic rings. The molecule has 10 atom stereocenters. The molecule has 0 bridgehead atoms. The third-order valence-electron chi connectivity index (χ3n) is 5.51. The van der Waals surface area contributed by atoms with Crippen LogP contribution in [0, 0.1) is 6.92 Å². The molecule has 200 valence electrons. The smallest absolute Gasteiger partial charge is 0.330 e. The number of nitrogens with one attached hydrogen (secondary N) is 1. The lowest BCUT2D eigenvalue weighted by molar-refractivity contribution is -0.482. The third-order valence-corrected chi connectivity index (χ3v) is 8.04. The van der Waals surface area contributed by atoms with E-state index in [1.165, 1.54) is 20.0 Å². The van der Waals surface area contributed by atoms with Crippen LogP contribution in [-0.4, -0.2) is 74.3 Å². The third kappa shape index (κ3) is 6.72. The predicted octanol–water partition coefficient (Wildman–Crippen LogP) is -4.44. The number of aromatic nitrogens is 2. The Bertz CT molecular complexity index is 1130. The fraction of sp³-hybridized carbons (Fsp3) is 0.750. The number of ether oxygens (including phenoxy) is 2. The summed E-state index contributed by atoms with van der Waals surface area (Å²) in [6.07, 6.45) is -8.89. The standard InChI is InChI=1S/C16H27N3O14P2/c1-6-4-19(16(24)18-14(6)23)10-3-8(20)9(31-10)5-29-34(25,26)33-35(27,28)32-15-13(22)12(21)11(17)7(2)30-15/h4,7-13,15,20-22H,3,5,17H2,1-2H3,(H,25,26)(H,27,28)(H,18,23,24)/p-1/t7-,8+,9-,10-,11-,12+,13-,15-/m1/s1. The minimum atomic E-state index is -5.70. The molecule has 2 aliphatic heterocycles. The highest BCUT2D eigenvalue weighted by Gasteiger charge is 2.45. The van der Waals surface area contributed by atoms with Crippen LogP contribution in [0.1, 0.15) is 25.1 Å². The largest absolute Gasteiger partial charge is 0.756 e. The number of rotatable bonds is 8. The molecule has 1 aromatic heterocycles. The lowest BCUT2D eigenvalue weighted by Crippen LogP contribution is -2.77. The van der Waals surface area contributed by atoms with E-state index in [1.807, 2.05) is 0 Å². The van der Waals surface area contributed by atoms with Gasteiger partial charge in [0.25, 0.3) is 21.2 Å². The van der Waals surface area contributed by atoms with Crippen molar-refractivity contribution in [1.29, 1.82) is 0 Å². The van der Waals surface area contributed by atoms with Crippen LogP contribution in [0.5, 0.6) is 0 Å². The van der Waals surface area contributed by atoms with Crippen LogP contribution in [0.25, 0.3) is 0 Å². The first-order valence-corrected chi connectivity index (χ1v) is 13.2.